The van der Waals surface area contributed by atoms with E-state index in [1.165, 1.54) is 0 Å². The number of carbonyl (C=O) groups excluding carboxylic acids is 2. The third kappa shape index (κ3) is 4.30. The van der Waals surface area contributed by atoms with Gasteiger partial charge in [0.25, 0.3) is 0 Å². The van der Waals surface area contributed by atoms with Crippen molar-refractivity contribution in [2.45, 2.75) is 44.5 Å². The minimum atomic E-state index is -0.131. The van der Waals surface area contributed by atoms with Gasteiger partial charge >= 0.3 is 0 Å². The van der Waals surface area contributed by atoms with Crippen molar-refractivity contribution in [1.82, 2.24) is 10.2 Å². The largest absolute Gasteiger partial charge is 0.352 e. The number of alkyl halides is 1. The SMILES string of the molecule is CC(=O)N1CCC(NC(=O)C(Br)C(C)C)CC1. The Hall–Kier alpha value is -0.580. The number of carbonyl (C=O) groups is 2. The summed E-state index contributed by atoms with van der Waals surface area (Å²) in [5, 5.41) is 3.04. The van der Waals surface area contributed by atoms with Crippen molar-refractivity contribution in [3.8, 4) is 0 Å². The molecule has 1 rings (SSSR count). The summed E-state index contributed by atoms with van der Waals surface area (Å²) in [5.41, 5.74) is 0. The summed E-state index contributed by atoms with van der Waals surface area (Å²) in [6, 6.07) is 0.205. The Morgan fingerprint density at radius 2 is 1.82 bits per heavy atom. The third-order valence-corrected chi connectivity index (χ3v) is 4.60. The van der Waals surface area contributed by atoms with Gasteiger partial charge in [0.05, 0.1) is 4.83 Å². The van der Waals surface area contributed by atoms with E-state index in [9.17, 15) is 9.59 Å². The fourth-order valence-corrected chi connectivity index (χ4v) is 2.05. The molecular formula is C12H21BrN2O2. The Labute approximate surface area is 111 Å². The second-order valence-corrected chi connectivity index (χ2v) is 5.92. The molecule has 1 atom stereocenters. The molecule has 0 saturated carbocycles. The lowest BCUT2D eigenvalue weighted by Gasteiger charge is -2.32. The second kappa shape index (κ2) is 6.38. The zero-order chi connectivity index (χ0) is 13.0. The molecule has 4 nitrogen and oxygen atoms in total. The molecule has 0 spiro atoms. The minimum absolute atomic E-state index is 0.0567. The average Bonchev–Trinajstić information content (AvgIpc) is 2.28. The van der Waals surface area contributed by atoms with Crippen LogP contribution in [0.2, 0.25) is 0 Å². The number of rotatable bonds is 3. The quantitative estimate of drug-likeness (QED) is 0.804. The topological polar surface area (TPSA) is 49.4 Å². The number of nitrogens with zero attached hydrogens (tertiary/aromatic N) is 1. The summed E-state index contributed by atoms with van der Waals surface area (Å²) in [7, 11) is 0. The number of hydrogen-bond acceptors (Lipinski definition) is 2. The molecule has 1 heterocycles. The highest BCUT2D eigenvalue weighted by atomic mass is 79.9. The zero-order valence-electron chi connectivity index (χ0n) is 10.7. The van der Waals surface area contributed by atoms with Crippen LogP contribution in [-0.4, -0.2) is 40.7 Å². The van der Waals surface area contributed by atoms with Crippen molar-refractivity contribution in [3.63, 3.8) is 0 Å². The Balaban J connectivity index is 2.35. The summed E-state index contributed by atoms with van der Waals surface area (Å²) in [4.78, 5) is 24.7. The van der Waals surface area contributed by atoms with E-state index in [1.54, 1.807) is 6.92 Å². The standard InChI is InChI=1S/C12H21BrN2O2/c1-8(2)11(13)12(17)14-10-4-6-15(7-5-10)9(3)16/h8,10-11H,4-7H2,1-3H3,(H,14,17). The summed E-state index contributed by atoms with van der Waals surface area (Å²) >= 11 is 3.39. The van der Waals surface area contributed by atoms with Gasteiger partial charge in [-0.25, -0.2) is 0 Å². The summed E-state index contributed by atoms with van der Waals surface area (Å²) in [6.45, 7) is 7.10. The van der Waals surface area contributed by atoms with Gasteiger partial charge in [-0.05, 0) is 18.8 Å². The van der Waals surface area contributed by atoms with Gasteiger partial charge in [0, 0.05) is 26.1 Å². The van der Waals surface area contributed by atoms with Crippen molar-refractivity contribution >= 4 is 27.7 Å². The number of hydrogen-bond donors (Lipinski definition) is 1. The molecule has 1 unspecified atom stereocenters. The molecule has 1 aliphatic rings. The van der Waals surface area contributed by atoms with Crippen LogP contribution in [0.3, 0.4) is 0 Å². The van der Waals surface area contributed by atoms with Gasteiger partial charge < -0.3 is 10.2 Å². The van der Waals surface area contributed by atoms with Crippen LogP contribution < -0.4 is 5.32 Å². The van der Waals surface area contributed by atoms with Crippen LogP contribution in [0.1, 0.15) is 33.6 Å². The summed E-state index contributed by atoms with van der Waals surface area (Å²) < 4.78 is 0. The first-order chi connectivity index (χ1) is 7.91. The molecule has 17 heavy (non-hydrogen) atoms. The lowest BCUT2D eigenvalue weighted by atomic mass is 10.0. The van der Waals surface area contributed by atoms with Crippen LogP contribution in [0.25, 0.3) is 0 Å². The number of amides is 2. The van der Waals surface area contributed by atoms with Crippen LogP contribution in [0.4, 0.5) is 0 Å². The molecule has 0 bridgehead atoms. The fourth-order valence-electron chi connectivity index (χ4n) is 1.92. The van der Waals surface area contributed by atoms with Gasteiger partial charge in [0.15, 0.2) is 0 Å². The van der Waals surface area contributed by atoms with E-state index in [0.717, 1.165) is 25.9 Å². The fraction of sp³-hybridized carbons (Fsp3) is 0.833. The van der Waals surface area contributed by atoms with Crippen LogP contribution in [0, 0.1) is 5.92 Å². The molecule has 0 radical (unpaired) electrons. The summed E-state index contributed by atoms with van der Waals surface area (Å²) in [6.07, 6.45) is 1.70. The number of halogens is 1. The van der Waals surface area contributed by atoms with E-state index in [2.05, 4.69) is 21.2 Å². The third-order valence-electron chi connectivity index (χ3n) is 3.12. The molecule has 0 aromatic rings. The lowest BCUT2D eigenvalue weighted by Crippen LogP contribution is -2.48. The van der Waals surface area contributed by atoms with Gasteiger partial charge in [-0.2, -0.15) is 0 Å². The van der Waals surface area contributed by atoms with E-state index in [0.29, 0.717) is 0 Å². The maximum Gasteiger partial charge on any atom is 0.234 e. The number of piperidine rings is 1. The van der Waals surface area contributed by atoms with Crippen LogP contribution in [0.15, 0.2) is 0 Å². The maximum absolute atomic E-state index is 11.8. The highest BCUT2D eigenvalue weighted by Gasteiger charge is 2.25. The van der Waals surface area contributed by atoms with Gasteiger partial charge in [-0.15, -0.1) is 0 Å². The van der Waals surface area contributed by atoms with Crippen molar-refractivity contribution < 1.29 is 9.59 Å². The zero-order valence-corrected chi connectivity index (χ0v) is 12.3. The first kappa shape index (κ1) is 14.5. The Kier molecular flexibility index (Phi) is 5.43. The number of likely N-dealkylation sites (tertiary alicyclic amines) is 1. The molecule has 1 fully saturated rings. The molecular weight excluding hydrogens is 284 g/mol. The monoisotopic (exact) mass is 304 g/mol. The molecule has 0 aromatic heterocycles. The average molecular weight is 305 g/mol. The van der Waals surface area contributed by atoms with Crippen LogP contribution in [0.5, 0.6) is 0 Å². The molecule has 1 saturated heterocycles. The Morgan fingerprint density at radius 3 is 2.24 bits per heavy atom. The van der Waals surface area contributed by atoms with Gasteiger partial charge in [-0.1, -0.05) is 29.8 Å². The van der Waals surface area contributed by atoms with E-state index in [4.69, 9.17) is 0 Å². The first-order valence-electron chi connectivity index (χ1n) is 6.11. The molecule has 2 amide bonds. The molecule has 1 aliphatic heterocycles. The predicted molar refractivity (Wildman–Crippen MR) is 71.0 cm³/mol. The molecule has 98 valence electrons. The van der Waals surface area contributed by atoms with Crippen LogP contribution >= 0.6 is 15.9 Å². The smallest absolute Gasteiger partial charge is 0.234 e. The first-order valence-corrected chi connectivity index (χ1v) is 7.03. The van der Waals surface area contributed by atoms with E-state index < -0.39 is 0 Å². The van der Waals surface area contributed by atoms with Crippen molar-refractivity contribution in [2.75, 3.05) is 13.1 Å². The van der Waals surface area contributed by atoms with E-state index >= 15 is 0 Å². The molecule has 5 heteroatoms. The second-order valence-electron chi connectivity index (χ2n) is 4.93. The summed E-state index contributed by atoms with van der Waals surface area (Å²) in [5.74, 6) is 0.462. The predicted octanol–water partition coefficient (Wildman–Crippen LogP) is 1.53. The van der Waals surface area contributed by atoms with Crippen molar-refractivity contribution in [1.29, 1.82) is 0 Å². The van der Waals surface area contributed by atoms with E-state index in [1.807, 2.05) is 18.7 Å². The van der Waals surface area contributed by atoms with Crippen molar-refractivity contribution in [2.24, 2.45) is 5.92 Å². The van der Waals surface area contributed by atoms with Gasteiger partial charge in [0.2, 0.25) is 11.8 Å². The minimum Gasteiger partial charge on any atom is -0.352 e. The lowest BCUT2D eigenvalue weighted by molar-refractivity contribution is -0.130. The highest BCUT2D eigenvalue weighted by molar-refractivity contribution is 9.10. The van der Waals surface area contributed by atoms with Crippen LogP contribution in [-0.2, 0) is 9.59 Å². The molecule has 0 aromatic carbocycles. The highest BCUT2D eigenvalue weighted by Crippen LogP contribution is 2.15. The Bertz CT molecular complexity index is 286. The molecule has 0 aliphatic carbocycles. The van der Waals surface area contributed by atoms with E-state index in [-0.39, 0.29) is 28.6 Å². The van der Waals surface area contributed by atoms with Crippen molar-refractivity contribution in [3.05, 3.63) is 0 Å². The maximum atomic E-state index is 11.8. The normalized spacial score (nSPS) is 19.2. The number of nitrogens with one attached hydrogen (secondary N) is 1. The van der Waals surface area contributed by atoms with Gasteiger partial charge in [-0.3, -0.25) is 9.59 Å². The van der Waals surface area contributed by atoms with Gasteiger partial charge in [0.1, 0.15) is 0 Å². The molecule has 1 N–H and O–H groups in total. The Morgan fingerprint density at radius 1 is 1.29 bits per heavy atom.